The van der Waals surface area contributed by atoms with Gasteiger partial charge in [-0.15, -0.1) is 0 Å². The van der Waals surface area contributed by atoms with E-state index in [1.54, 1.807) is 18.5 Å². The SMILES string of the molecule is Nc1cc(Br)cc(OCc2cncc(Br)c2)c1. The first-order chi connectivity index (χ1) is 8.13. The number of hydrogen-bond donors (Lipinski definition) is 1. The molecule has 1 heterocycles. The van der Waals surface area contributed by atoms with Gasteiger partial charge in [0.2, 0.25) is 0 Å². The summed E-state index contributed by atoms with van der Waals surface area (Å²) in [6.45, 7) is 0.461. The highest BCUT2D eigenvalue weighted by atomic mass is 79.9. The summed E-state index contributed by atoms with van der Waals surface area (Å²) in [5.74, 6) is 0.733. The van der Waals surface area contributed by atoms with Gasteiger partial charge in [-0.1, -0.05) is 15.9 Å². The van der Waals surface area contributed by atoms with Crippen molar-refractivity contribution < 1.29 is 4.74 Å². The summed E-state index contributed by atoms with van der Waals surface area (Å²) in [6.07, 6.45) is 3.51. The Morgan fingerprint density at radius 1 is 1.06 bits per heavy atom. The predicted molar refractivity (Wildman–Crippen MR) is 74.8 cm³/mol. The maximum atomic E-state index is 5.72. The molecule has 88 valence electrons. The summed E-state index contributed by atoms with van der Waals surface area (Å²) >= 11 is 6.74. The second kappa shape index (κ2) is 5.51. The molecular formula is C12H10Br2N2O. The van der Waals surface area contributed by atoms with E-state index in [2.05, 4.69) is 36.8 Å². The fourth-order valence-electron chi connectivity index (χ4n) is 1.37. The third-order valence-electron chi connectivity index (χ3n) is 2.06. The van der Waals surface area contributed by atoms with Crippen LogP contribution in [-0.4, -0.2) is 4.98 Å². The molecule has 0 aliphatic carbocycles. The van der Waals surface area contributed by atoms with Crippen molar-refractivity contribution in [1.82, 2.24) is 4.98 Å². The highest BCUT2D eigenvalue weighted by molar-refractivity contribution is 9.10. The first-order valence-corrected chi connectivity index (χ1v) is 6.50. The molecule has 1 aromatic carbocycles. The summed E-state index contributed by atoms with van der Waals surface area (Å²) in [5, 5.41) is 0. The van der Waals surface area contributed by atoms with Crippen LogP contribution in [0.1, 0.15) is 5.56 Å². The molecule has 0 bridgehead atoms. The van der Waals surface area contributed by atoms with E-state index in [0.29, 0.717) is 12.3 Å². The van der Waals surface area contributed by atoms with Crippen LogP contribution in [0.2, 0.25) is 0 Å². The van der Waals surface area contributed by atoms with Crippen LogP contribution in [0.25, 0.3) is 0 Å². The second-order valence-electron chi connectivity index (χ2n) is 3.52. The van der Waals surface area contributed by atoms with Crippen LogP contribution in [0.5, 0.6) is 5.75 Å². The van der Waals surface area contributed by atoms with Crippen LogP contribution in [0.4, 0.5) is 5.69 Å². The molecular weight excluding hydrogens is 348 g/mol. The van der Waals surface area contributed by atoms with E-state index in [4.69, 9.17) is 10.5 Å². The minimum absolute atomic E-state index is 0.461. The average Bonchev–Trinajstić information content (AvgIpc) is 2.25. The van der Waals surface area contributed by atoms with Crippen LogP contribution in [0.3, 0.4) is 0 Å². The largest absolute Gasteiger partial charge is 0.489 e. The topological polar surface area (TPSA) is 48.1 Å². The minimum atomic E-state index is 0.461. The van der Waals surface area contributed by atoms with Gasteiger partial charge in [0.05, 0.1) is 0 Å². The molecule has 0 radical (unpaired) electrons. The lowest BCUT2D eigenvalue weighted by Crippen LogP contribution is -1.97. The number of nitrogen functional groups attached to an aromatic ring is 1. The lowest BCUT2D eigenvalue weighted by molar-refractivity contribution is 0.305. The summed E-state index contributed by atoms with van der Waals surface area (Å²) in [7, 11) is 0. The molecule has 0 aliphatic rings. The summed E-state index contributed by atoms with van der Waals surface area (Å²) < 4.78 is 7.48. The van der Waals surface area contributed by atoms with Crippen molar-refractivity contribution in [2.75, 3.05) is 5.73 Å². The number of nitrogens with zero attached hydrogens (tertiary/aromatic N) is 1. The lowest BCUT2D eigenvalue weighted by atomic mass is 10.3. The highest BCUT2D eigenvalue weighted by Crippen LogP contribution is 2.23. The number of pyridine rings is 1. The Kier molecular flexibility index (Phi) is 4.02. The smallest absolute Gasteiger partial charge is 0.122 e. The number of ether oxygens (including phenoxy) is 1. The fourth-order valence-corrected chi connectivity index (χ4v) is 2.27. The van der Waals surface area contributed by atoms with Crippen LogP contribution in [0.15, 0.2) is 45.6 Å². The van der Waals surface area contributed by atoms with Crippen molar-refractivity contribution in [3.63, 3.8) is 0 Å². The van der Waals surface area contributed by atoms with Gasteiger partial charge < -0.3 is 10.5 Å². The minimum Gasteiger partial charge on any atom is -0.489 e. The molecule has 0 aliphatic heterocycles. The van der Waals surface area contributed by atoms with E-state index in [0.717, 1.165) is 20.3 Å². The Hall–Kier alpha value is -1.07. The van der Waals surface area contributed by atoms with Gasteiger partial charge >= 0.3 is 0 Å². The first-order valence-electron chi connectivity index (χ1n) is 4.92. The van der Waals surface area contributed by atoms with Crippen molar-refractivity contribution in [2.24, 2.45) is 0 Å². The molecule has 0 amide bonds. The second-order valence-corrected chi connectivity index (χ2v) is 5.35. The van der Waals surface area contributed by atoms with Crippen LogP contribution in [-0.2, 0) is 6.61 Å². The monoisotopic (exact) mass is 356 g/mol. The number of hydrogen-bond acceptors (Lipinski definition) is 3. The van der Waals surface area contributed by atoms with E-state index < -0.39 is 0 Å². The molecule has 2 N–H and O–H groups in total. The first kappa shape index (κ1) is 12.4. The zero-order valence-electron chi connectivity index (χ0n) is 8.86. The number of halogens is 2. The standard InChI is InChI=1S/C12H10Br2N2O/c13-9-2-11(15)4-12(3-9)17-7-8-1-10(14)6-16-5-8/h1-6H,7,15H2. The van der Waals surface area contributed by atoms with Crippen molar-refractivity contribution in [2.45, 2.75) is 6.61 Å². The molecule has 0 unspecified atom stereocenters. The average molecular weight is 358 g/mol. The molecule has 2 rings (SSSR count). The van der Waals surface area contributed by atoms with Gasteiger partial charge in [-0.25, -0.2) is 0 Å². The van der Waals surface area contributed by atoms with Gasteiger partial charge in [0.25, 0.3) is 0 Å². The van der Waals surface area contributed by atoms with Gasteiger partial charge in [0.15, 0.2) is 0 Å². The van der Waals surface area contributed by atoms with Gasteiger partial charge in [-0.05, 0) is 34.1 Å². The Morgan fingerprint density at radius 3 is 2.59 bits per heavy atom. The van der Waals surface area contributed by atoms with Crippen molar-refractivity contribution in [1.29, 1.82) is 0 Å². The van der Waals surface area contributed by atoms with Gasteiger partial charge in [0.1, 0.15) is 12.4 Å². The van der Waals surface area contributed by atoms with Gasteiger partial charge in [-0.2, -0.15) is 0 Å². The summed E-state index contributed by atoms with van der Waals surface area (Å²) in [6, 6.07) is 7.46. The molecule has 3 nitrogen and oxygen atoms in total. The molecule has 2 aromatic rings. The number of anilines is 1. The van der Waals surface area contributed by atoms with Crippen LogP contribution < -0.4 is 10.5 Å². The number of aromatic nitrogens is 1. The van der Waals surface area contributed by atoms with Crippen molar-refractivity contribution in [3.8, 4) is 5.75 Å². The van der Waals surface area contributed by atoms with E-state index in [9.17, 15) is 0 Å². The normalized spacial score (nSPS) is 10.2. The Labute approximate surface area is 116 Å². The summed E-state index contributed by atoms with van der Waals surface area (Å²) in [4.78, 5) is 4.07. The Bertz CT molecular complexity index is 511. The maximum absolute atomic E-state index is 5.72. The van der Waals surface area contributed by atoms with Gasteiger partial charge in [-0.3, -0.25) is 4.98 Å². The number of nitrogens with two attached hydrogens (primary N) is 1. The molecule has 5 heteroatoms. The number of rotatable bonds is 3. The molecule has 0 fully saturated rings. The fraction of sp³-hybridized carbons (Fsp3) is 0.0833. The third-order valence-corrected chi connectivity index (χ3v) is 2.95. The molecule has 0 saturated carbocycles. The lowest BCUT2D eigenvalue weighted by Gasteiger charge is -2.07. The van der Waals surface area contributed by atoms with Crippen molar-refractivity contribution >= 4 is 37.5 Å². The molecule has 0 spiro atoms. The van der Waals surface area contributed by atoms with Crippen molar-refractivity contribution in [3.05, 3.63) is 51.2 Å². The predicted octanol–water partition coefficient (Wildman–Crippen LogP) is 3.77. The maximum Gasteiger partial charge on any atom is 0.122 e. The zero-order valence-corrected chi connectivity index (χ0v) is 12.0. The quantitative estimate of drug-likeness (QED) is 0.850. The van der Waals surface area contributed by atoms with E-state index in [-0.39, 0.29) is 0 Å². The number of benzene rings is 1. The highest BCUT2D eigenvalue weighted by Gasteiger charge is 2.00. The Morgan fingerprint density at radius 2 is 1.88 bits per heavy atom. The van der Waals surface area contributed by atoms with E-state index >= 15 is 0 Å². The molecule has 0 atom stereocenters. The van der Waals surface area contributed by atoms with E-state index in [1.807, 2.05) is 18.2 Å². The Balaban J connectivity index is 2.07. The summed E-state index contributed by atoms with van der Waals surface area (Å²) in [5.41, 5.74) is 7.39. The van der Waals surface area contributed by atoms with Crippen LogP contribution in [0, 0.1) is 0 Å². The molecule has 1 aromatic heterocycles. The molecule has 0 saturated heterocycles. The van der Waals surface area contributed by atoms with Crippen LogP contribution >= 0.6 is 31.9 Å². The zero-order chi connectivity index (χ0) is 12.3. The van der Waals surface area contributed by atoms with Gasteiger partial charge in [0, 0.05) is 38.7 Å². The third kappa shape index (κ3) is 3.71. The van der Waals surface area contributed by atoms with E-state index in [1.165, 1.54) is 0 Å². The molecule has 17 heavy (non-hydrogen) atoms.